The molecule has 1 aromatic carbocycles. The van der Waals surface area contributed by atoms with E-state index in [0.717, 1.165) is 13.1 Å². The van der Waals surface area contributed by atoms with E-state index in [1.807, 2.05) is 11.8 Å². The Bertz CT molecular complexity index is 566. The van der Waals surface area contributed by atoms with Crippen LogP contribution >= 0.6 is 0 Å². The van der Waals surface area contributed by atoms with Crippen molar-refractivity contribution in [3.05, 3.63) is 28.3 Å². The Hall–Kier alpha value is -1.86. The summed E-state index contributed by atoms with van der Waals surface area (Å²) in [7, 11) is 2.08. The fourth-order valence-corrected chi connectivity index (χ4v) is 3.28. The molecule has 0 spiro atoms. The summed E-state index contributed by atoms with van der Waals surface area (Å²) in [5.74, 6) is 0.328. The van der Waals surface area contributed by atoms with Crippen LogP contribution in [0.5, 0.6) is 5.75 Å². The largest absolute Gasteiger partial charge is 0.487 e. The van der Waals surface area contributed by atoms with Gasteiger partial charge in [0, 0.05) is 19.6 Å². The van der Waals surface area contributed by atoms with Gasteiger partial charge in [-0.25, -0.2) is 0 Å². The quantitative estimate of drug-likeness (QED) is 0.620. The number of para-hydroxylation sites is 1. The Labute approximate surface area is 129 Å². The average molecular weight is 307 g/mol. The van der Waals surface area contributed by atoms with Crippen molar-refractivity contribution in [3.63, 3.8) is 0 Å². The van der Waals surface area contributed by atoms with Crippen LogP contribution in [0.15, 0.2) is 18.2 Å². The number of nitrogens with zero attached hydrogens (tertiary/aromatic N) is 3. The van der Waals surface area contributed by atoms with Gasteiger partial charge in [-0.05, 0) is 26.1 Å². The third-order valence-corrected chi connectivity index (χ3v) is 4.38. The first-order valence-corrected chi connectivity index (χ1v) is 7.58. The van der Waals surface area contributed by atoms with Gasteiger partial charge < -0.3 is 14.4 Å². The average Bonchev–Trinajstić information content (AvgIpc) is 2.92. The van der Waals surface area contributed by atoms with Crippen molar-refractivity contribution < 1.29 is 14.4 Å². The Morgan fingerprint density at radius 3 is 2.95 bits per heavy atom. The zero-order valence-electron chi connectivity index (χ0n) is 12.9. The van der Waals surface area contributed by atoms with Crippen LogP contribution in [-0.2, 0) is 4.74 Å². The van der Waals surface area contributed by atoms with Crippen molar-refractivity contribution in [3.8, 4) is 5.75 Å². The second kappa shape index (κ2) is 6.10. The monoisotopic (exact) mass is 307 g/mol. The molecule has 2 aliphatic rings. The van der Waals surface area contributed by atoms with Crippen molar-refractivity contribution in [2.75, 3.05) is 44.8 Å². The van der Waals surface area contributed by atoms with Gasteiger partial charge in [-0.2, -0.15) is 0 Å². The number of morpholine rings is 1. The summed E-state index contributed by atoms with van der Waals surface area (Å²) < 4.78 is 11.2. The highest BCUT2D eigenvalue weighted by Crippen LogP contribution is 2.39. The molecule has 0 saturated carbocycles. The van der Waals surface area contributed by atoms with Crippen LogP contribution in [0.4, 0.5) is 11.4 Å². The van der Waals surface area contributed by atoms with E-state index >= 15 is 0 Å². The highest BCUT2D eigenvalue weighted by molar-refractivity contribution is 5.70. The summed E-state index contributed by atoms with van der Waals surface area (Å²) >= 11 is 0. The fraction of sp³-hybridized carbons (Fsp3) is 0.600. The lowest BCUT2D eigenvalue weighted by atomic mass is 10.1. The van der Waals surface area contributed by atoms with Crippen molar-refractivity contribution in [2.24, 2.45) is 0 Å². The number of rotatable bonds is 4. The number of hydrogen-bond donors (Lipinski definition) is 0. The first-order valence-electron chi connectivity index (χ1n) is 7.58. The molecule has 0 aromatic heterocycles. The molecule has 2 fully saturated rings. The molecule has 1 aromatic rings. The lowest BCUT2D eigenvalue weighted by molar-refractivity contribution is -0.385. The van der Waals surface area contributed by atoms with E-state index in [2.05, 4.69) is 11.9 Å². The van der Waals surface area contributed by atoms with Crippen LogP contribution < -0.4 is 9.64 Å². The van der Waals surface area contributed by atoms with E-state index in [9.17, 15) is 10.1 Å². The van der Waals surface area contributed by atoms with Gasteiger partial charge in [0.25, 0.3) is 0 Å². The Balaban J connectivity index is 1.92. The first-order chi connectivity index (χ1) is 10.6. The van der Waals surface area contributed by atoms with Crippen LogP contribution in [0.25, 0.3) is 0 Å². The zero-order valence-corrected chi connectivity index (χ0v) is 12.9. The number of hydrogen-bond acceptors (Lipinski definition) is 6. The maximum Gasteiger partial charge on any atom is 0.333 e. The van der Waals surface area contributed by atoms with Crippen LogP contribution in [0.3, 0.4) is 0 Å². The minimum Gasteiger partial charge on any atom is -0.487 e. The molecule has 2 heterocycles. The SMILES string of the molecule is CCOc1cccc(N2C[C@@H]3[C@@H](C2)OCCN3C)c1[N+](=O)[O-]. The molecule has 2 saturated heterocycles. The summed E-state index contributed by atoms with van der Waals surface area (Å²) in [4.78, 5) is 15.5. The summed E-state index contributed by atoms with van der Waals surface area (Å²) in [6, 6.07) is 5.53. The minimum atomic E-state index is -0.354. The van der Waals surface area contributed by atoms with Crippen molar-refractivity contribution >= 4 is 11.4 Å². The van der Waals surface area contributed by atoms with Gasteiger partial charge >= 0.3 is 5.69 Å². The molecule has 0 bridgehead atoms. The molecular weight excluding hydrogens is 286 g/mol. The number of fused-ring (bicyclic) bond motifs is 1. The molecule has 0 N–H and O–H groups in total. The van der Waals surface area contributed by atoms with Gasteiger partial charge in [0.15, 0.2) is 5.75 Å². The topological polar surface area (TPSA) is 68.1 Å². The van der Waals surface area contributed by atoms with Crippen LogP contribution in [0, 0.1) is 10.1 Å². The summed E-state index contributed by atoms with van der Waals surface area (Å²) in [5.41, 5.74) is 0.660. The van der Waals surface area contributed by atoms with Crippen molar-refractivity contribution in [2.45, 2.75) is 19.1 Å². The molecule has 3 rings (SSSR count). The van der Waals surface area contributed by atoms with E-state index < -0.39 is 0 Å². The molecule has 7 heteroatoms. The molecular formula is C15H21N3O4. The van der Waals surface area contributed by atoms with E-state index in [4.69, 9.17) is 9.47 Å². The summed E-state index contributed by atoms with van der Waals surface area (Å²) in [6.45, 7) is 5.25. The first kappa shape index (κ1) is 15.1. The molecule has 0 amide bonds. The maximum atomic E-state index is 11.5. The number of likely N-dealkylation sites (N-methyl/N-ethyl adjacent to an activating group) is 1. The van der Waals surface area contributed by atoms with Crippen molar-refractivity contribution in [1.82, 2.24) is 4.90 Å². The second-order valence-electron chi connectivity index (χ2n) is 5.68. The van der Waals surface area contributed by atoms with Crippen LogP contribution in [0.2, 0.25) is 0 Å². The number of anilines is 1. The van der Waals surface area contributed by atoms with E-state index in [1.54, 1.807) is 18.2 Å². The normalized spacial score (nSPS) is 25.1. The Kier molecular flexibility index (Phi) is 4.17. The predicted molar refractivity (Wildman–Crippen MR) is 82.6 cm³/mol. The Morgan fingerprint density at radius 2 is 2.27 bits per heavy atom. The number of nitro groups is 1. The summed E-state index contributed by atoms with van der Waals surface area (Å²) in [5, 5.41) is 11.5. The van der Waals surface area contributed by atoms with E-state index in [-0.39, 0.29) is 22.8 Å². The molecule has 0 radical (unpaired) electrons. The van der Waals surface area contributed by atoms with Gasteiger partial charge in [0.1, 0.15) is 5.69 Å². The van der Waals surface area contributed by atoms with Gasteiger partial charge in [-0.15, -0.1) is 0 Å². The van der Waals surface area contributed by atoms with Crippen LogP contribution in [-0.4, -0.2) is 61.9 Å². The molecule has 0 unspecified atom stereocenters. The van der Waals surface area contributed by atoms with Gasteiger partial charge in [-0.1, -0.05) is 6.07 Å². The lowest BCUT2D eigenvalue weighted by Gasteiger charge is -2.33. The van der Waals surface area contributed by atoms with Gasteiger partial charge in [0.05, 0.1) is 30.3 Å². The smallest absolute Gasteiger partial charge is 0.333 e. The molecule has 2 atom stereocenters. The zero-order chi connectivity index (χ0) is 15.7. The molecule has 22 heavy (non-hydrogen) atoms. The van der Waals surface area contributed by atoms with Crippen molar-refractivity contribution in [1.29, 1.82) is 0 Å². The molecule has 0 aliphatic carbocycles. The predicted octanol–water partition coefficient (Wildman–Crippen LogP) is 1.51. The standard InChI is InChI=1S/C15H21N3O4/c1-3-21-13-6-4-5-11(15(13)18(19)20)17-9-12-14(10-17)22-8-7-16(12)2/h4-6,12,14H,3,7-10H2,1-2H3/t12-,14-/m1/s1. The molecule has 2 aliphatic heterocycles. The van der Waals surface area contributed by atoms with Crippen LogP contribution in [0.1, 0.15) is 6.92 Å². The fourth-order valence-electron chi connectivity index (χ4n) is 3.28. The second-order valence-corrected chi connectivity index (χ2v) is 5.68. The van der Waals surface area contributed by atoms with E-state index in [0.29, 0.717) is 31.2 Å². The number of ether oxygens (including phenoxy) is 2. The maximum absolute atomic E-state index is 11.5. The van der Waals surface area contributed by atoms with Gasteiger partial charge in [-0.3, -0.25) is 15.0 Å². The Morgan fingerprint density at radius 1 is 1.45 bits per heavy atom. The summed E-state index contributed by atoms with van der Waals surface area (Å²) in [6.07, 6.45) is 0.106. The number of benzene rings is 1. The third-order valence-electron chi connectivity index (χ3n) is 4.38. The highest BCUT2D eigenvalue weighted by Gasteiger charge is 2.40. The lowest BCUT2D eigenvalue weighted by Crippen LogP contribution is -2.48. The van der Waals surface area contributed by atoms with Gasteiger partial charge in [0.2, 0.25) is 0 Å². The third kappa shape index (κ3) is 2.62. The highest BCUT2D eigenvalue weighted by atomic mass is 16.6. The molecule has 120 valence electrons. The van der Waals surface area contributed by atoms with E-state index in [1.165, 1.54) is 0 Å². The minimum absolute atomic E-state index is 0.0469. The number of nitro benzene ring substituents is 1. The molecule has 7 nitrogen and oxygen atoms in total.